The van der Waals surface area contributed by atoms with Crippen LogP contribution in [0, 0.1) is 12.8 Å². The molecule has 0 saturated carbocycles. The van der Waals surface area contributed by atoms with Gasteiger partial charge in [-0.15, -0.1) is 0 Å². The molecule has 1 atom stereocenters. The lowest BCUT2D eigenvalue weighted by Gasteiger charge is -2.26. The van der Waals surface area contributed by atoms with E-state index in [-0.39, 0.29) is 21.9 Å². The van der Waals surface area contributed by atoms with Gasteiger partial charge in [0.15, 0.2) is 0 Å². The zero-order valence-electron chi connectivity index (χ0n) is 22.0. The number of carbonyl (C=O) groups excluding carboxylic acids is 2. The lowest BCUT2D eigenvalue weighted by molar-refractivity contribution is -0.132. The van der Waals surface area contributed by atoms with E-state index < -0.39 is 27.8 Å². The van der Waals surface area contributed by atoms with Gasteiger partial charge >= 0.3 is 0 Å². The van der Waals surface area contributed by atoms with Crippen LogP contribution in [0.1, 0.15) is 36.6 Å². The number of ketones is 1. The van der Waals surface area contributed by atoms with E-state index in [9.17, 15) is 23.1 Å². The van der Waals surface area contributed by atoms with Crippen LogP contribution in [0.5, 0.6) is 11.5 Å². The molecule has 1 heterocycles. The predicted octanol–water partition coefficient (Wildman–Crippen LogP) is 4.31. The molecule has 3 aromatic rings. The fraction of sp³-hybridized carbons (Fsp3) is 0.241. The quantitative estimate of drug-likeness (QED) is 0.242. The van der Waals surface area contributed by atoms with Gasteiger partial charge in [-0.1, -0.05) is 26.0 Å². The fourth-order valence-corrected chi connectivity index (χ4v) is 4.91. The first kappa shape index (κ1) is 27.9. The normalized spacial score (nSPS) is 17.1. The lowest BCUT2D eigenvalue weighted by atomic mass is 9.94. The van der Waals surface area contributed by atoms with Crippen molar-refractivity contribution >= 4 is 33.2 Å². The van der Waals surface area contributed by atoms with Crippen molar-refractivity contribution in [3.63, 3.8) is 0 Å². The lowest BCUT2D eigenvalue weighted by Crippen LogP contribution is -2.29. The SMILES string of the molecule is COc1cccc(C2/C(=C(\O)c3ccc(OCC(C)C)c(C)c3)C(=O)C(=O)N2c2ccc(S(N)(=O)=O)cc2)c1. The number of hydrogen-bond donors (Lipinski definition) is 2. The number of nitrogens with zero attached hydrogens (tertiary/aromatic N) is 1. The summed E-state index contributed by atoms with van der Waals surface area (Å²) in [7, 11) is -2.47. The summed E-state index contributed by atoms with van der Waals surface area (Å²) < 4.78 is 34.7. The maximum absolute atomic E-state index is 13.4. The summed E-state index contributed by atoms with van der Waals surface area (Å²) >= 11 is 0. The Bertz CT molecular complexity index is 1560. The number of methoxy groups -OCH3 is 1. The summed E-state index contributed by atoms with van der Waals surface area (Å²) in [6.07, 6.45) is 0. The molecule has 204 valence electrons. The van der Waals surface area contributed by atoms with E-state index in [0.29, 0.717) is 35.2 Å². The molecule has 4 rings (SSSR count). The molecule has 1 aliphatic heterocycles. The number of primary sulfonamides is 1. The monoisotopic (exact) mass is 550 g/mol. The topological polar surface area (TPSA) is 136 Å². The number of sulfonamides is 1. The van der Waals surface area contributed by atoms with Gasteiger partial charge in [-0.2, -0.15) is 0 Å². The maximum Gasteiger partial charge on any atom is 0.300 e. The van der Waals surface area contributed by atoms with Gasteiger partial charge in [-0.3, -0.25) is 14.5 Å². The third kappa shape index (κ3) is 5.67. The van der Waals surface area contributed by atoms with Crippen LogP contribution in [0.2, 0.25) is 0 Å². The second-order valence-electron chi connectivity index (χ2n) is 9.67. The number of benzene rings is 3. The van der Waals surface area contributed by atoms with Crippen LogP contribution in [0.3, 0.4) is 0 Å². The van der Waals surface area contributed by atoms with Gasteiger partial charge in [0.2, 0.25) is 10.0 Å². The molecule has 0 aliphatic carbocycles. The van der Waals surface area contributed by atoms with Crippen LogP contribution in [-0.4, -0.2) is 38.9 Å². The molecular weight excluding hydrogens is 520 g/mol. The second-order valence-corrected chi connectivity index (χ2v) is 11.2. The predicted molar refractivity (Wildman–Crippen MR) is 147 cm³/mol. The van der Waals surface area contributed by atoms with Crippen molar-refractivity contribution in [3.05, 3.63) is 89.0 Å². The molecule has 0 bridgehead atoms. The van der Waals surface area contributed by atoms with Crippen molar-refractivity contribution in [2.45, 2.75) is 31.7 Å². The van der Waals surface area contributed by atoms with Crippen molar-refractivity contribution in [1.29, 1.82) is 0 Å². The van der Waals surface area contributed by atoms with Gasteiger partial charge in [0, 0.05) is 11.3 Å². The molecule has 1 unspecified atom stereocenters. The number of carbonyl (C=O) groups is 2. The number of aliphatic hydroxyl groups is 1. The van der Waals surface area contributed by atoms with E-state index in [1.165, 1.54) is 36.3 Å². The van der Waals surface area contributed by atoms with Crippen LogP contribution in [0.15, 0.2) is 77.2 Å². The Hall–Kier alpha value is -4.15. The van der Waals surface area contributed by atoms with Crippen LogP contribution in [-0.2, 0) is 19.6 Å². The highest BCUT2D eigenvalue weighted by atomic mass is 32.2. The largest absolute Gasteiger partial charge is 0.507 e. The molecule has 1 aliphatic rings. The highest BCUT2D eigenvalue weighted by molar-refractivity contribution is 7.89. The van der Waals surface area contributed by atoms with Crippen LogP contribution in [0.4, 0.5) is 5.69 Å². The Balaban J connectivity index is 1.87. The number of aliphatic hydroxyl groups excluding tert-OH is 1. The number of hydrogen-bond acceptors (Lipinski definition) is 7. The summed E-state index contributed by atoms with van der Waals surface area (Å²) in [5.41, 5.74) is 1.76. The van der Waals surface area contributed by atoms with Crippen molar-refractivity contribution in [3.8, 4) is 11.5 Å². The molecule has 3 aromatic carbocycles. The average Bonchev–Trinajstić information content (AvgIpc) is 3.17. The molecule has 1 saturated heterocycles. The summed E-state index contributed by atoms with van der Waals surface area (Å²) in [6, 6.07) is 16.1. The first-order valence-corrected chi connectivity index (χ1v) is 13.8. The van der Waals surface area contributed by atoms with Crippen LogP contribution < -0.4 is 19.5 Å². The Morgan fingerprint density at radius 1 is 1.05 bits per heavy atom. The zero-order valence-corrected chi connectivity index (χ0v) is 22.9. The van der Waals surface area contributed by atoms with Crippen molar-refractivity contribution in [2.75, 3.05) is 18.6 Å². The minimum Gasteiger partial charge on any atom is -0.507 e. The molecule has 39 heavy (non-hydrogen) atoms. The Labute approximate surface area is 227 Å². The molecule has 1 amide bonds. The number of anilines is 1. The second kappa shape index (κ2) is 10.9. The standard InChI is InChI=1S/C29H30N2O7S/c1-17(2)16-38-24-13-8-20(14-18(24)3)27(32)25-26(19-6-5-7-22(15-19)37-4)31(29(34)28(25)33)21-9-11-23(12-10-21)39(30,35)36/h5-15,17,26,32H,16H2,1-4H3,(H2,30,35,36)/b27-25+. The van der Waals surface area contributed by atoms with E-state index in [1.807, 2.05) is 20.8 Å². The molecule has 10 heteroatoms. The smallest absolute Gasteiger partial charge is 0.300 e. The van der Waals surface area contributed by atoms with Gasteiger partial charge < -0.3 is 14.6 Å². The van der Waals surface area contributed by atoms with Crippen molar-refractivity contribution in [1.82, 2.24) is 0 Å². The van der Waals surface area contributed by atoms with Gasteiger partial charge in [-0.05, 0) is 78.6 Å². The third-order valence-corrected chi connectivity index (χ3v) is 7.25. The molecule has 9 nitrogen and oxygen atoms in total. The summed E-state index contributed by atoms with van der Waals surface area (Å²) in [6.45, 7) is 6.43. The van der Waals surface area contributed by atoms with Gasteiger partial charge in [0.05, 0.1) is 30.2 Å². The number of rotatable bonds is 8. The molecule has 3 N–H and O–H groups in total. The van der Waals surface area contributed by atoms with Gasteiger partial charge in [-0.25, -0.2) is 13.6 Å². The molecule has 0 aromatic heterocycles. The van der Waals surface area contributed by atoms with E-state index in [0.717, 1.165) is 5.56 Å². The Morgan fingerprint density at radius 2 is 1.74 bits per heavy atom. The summed E-state index contributed by atoms with van der Waals surface area (Å²) in [5.74, 6) is -0.626. The maximum atomic E-state index is 13.4. The highest BCUT2D eigenvalue weighted by Crippen LogP contribution is 2.43. The van der Waals surface area contributed by atoms with E-state index >= 15 is 0 Å². The molecular formula is C29H30N2O7S. The van der Waals surface area contributed by atoms with Gasteiger partial charge in [0.1, 0.15) is 17.3 Å². The van der Waals surface area contributed by atoms with Crippen LogP contribution >= 0.6 is 0 Å². The number of ether oxygens (including phenoxy) is 2. The molecule has 1 fully saturated rings. The number of nitrogens with two attached hydrogens (primary N) is 1. The van der Waals surface area contributed by atoms with E-state index in [2.05, 4.69) is 0 Å². The first-order chi connectivity index (χ1) is 18.4. The van der Waals surface area contributed by atoms with E-state index in [4.69, 9.17) is 14.6 Å². The van der Waals surface area contributed by atoms with Crippen LogP contribution in [0.25, 0.3) is 5.76 Å². The fourth-order valence-electron chi connectivity index (χ4n) is 4.39. The Morgan fingerprint density at radius 3 is 2.33 bits per heavy atom. The average molecular weight is 551 g/mol. The summed E-state index contributed by atoms with van der Waals surface area (Å²) in [5, 5.41) is 16.6. The zero-order chi connectivity index (χ0) is 28.5. The molecule has 0 radical (unpaired) electrons. The summed E-state index contributed by atoms with van der Waals surface area (Å²) in [4.78, 5) is 27.9. The number of aryl methyl sites for hydroxylation is 1. The number of Topliss-reactive ketones (excluding diaryl/α,β-unsaturated/α-hetero) is 1. The minimum atomic E-state index is -3.97. The Kier molecular flexibility index (Phi) is 7.80. The van der Waals surface area contributed by atoms with Gasteiger partial charge in [0.25, 0.3) is 11.7 Å². The highest BCUT2D eigenvalue weighted by Gasteiger charge is 2.47. The first-order valence-electron chi connectivity index (χ1n) is 12.2. The number of amides is 1. The van der Waals surface area contributed by atoms with Crippen molar-refractivity contribution < 1.29 is 32.6 Å². The van der Waals surface area contributed by atoms with Crippen molar-refractivity contribution in [2.24, 2.45) is 11.1 Å². The molecule has 0 spiro atoms. The third-order valence-electron chi connectivity index (χ3n) is 6.32. The minimum absolute atomic E-state index is 0.112. The van der Waals surface area contributed by atoms with E-state index in [1.54, 1.807) is 42.5 Å².